The minimum absolute atomic E-state index is 0.372. The van der Waals surface area contributed by atoms with Crippen molar-refractivity contribution in [2.45, 2.75) is 12.8 Å². The van der Waals surface area contributed by atoms with Gasteiger partial charge in [0.15, 0.2) is 0 Å². The second kappa shape index (κ2) is 5.39. The van der Waals surface area contributed by atoms with Gasteiger partial charge in [-0.05, 0) is 36.8 Å². The first kappa shape index (κ1) is 12.2. The quantitative estimate of drug-likeness (QED) is 0.760. The summed E-state index contributed by atoms with van der Waals surface area (Å²) < 4.78 is 5.63. The highest BCUT2D eigenvalue weighted by molar-refractivity contribution is 6.31. The minimum atomic E-state index is 0.372. The molecule has 1 aromatic heterocycles. The highest BCUT2D eigenvalue weighted by Gasteiger charge is 2.02. The smallest absolute Gasteiger partial charge is 0.219 e. The molecule has 2 rings (SSSR count). The highest BCUT2D eigenvalue weighted by atomic mass is 35.5. The molecule has 2 aromatic rings. The van der Waals surface area contributed by atoms with E-state index in [4.69, 9.17) is 27.9 Å². The fraction of sp³-hybridized carbons (Fsp3) is 0.154. The Hall–Kier alpha value is -1.25. The van der Waals surface area contributed by atoms with Gasteiger partial charge < -0.3 is 4.74 Å². The van der Waals surface area contributed by atoms with Crippen LogP contribution < -0.4 is 4.74 Å². The van der Waals surface area contributed by atoms with Crippen molar-refractivity contribution >= 4 is 23.2 Å². The Labute approximate surface area is 110 Å². The summed E-state index contributed by atoms with van der Waals surface area (Å²) in [6.45, 7) is 1.93. The number of halogens is 2. The van der Waals surface area contributed by atoms with Gasteiger partial charge in [0, 0.05) is 11.1 Å². The average molecular weight is 268 g/mol. The zero-order chi connectivity index (χ0) is 12.3. The van der Waals surface area contributed by atoms with Crippen LogP contribution in [0, 0.1) is 6.92 Å². The van der Waals surface area contributed by atoms with Gasteiger partial charge in [-0.3, -0.25) is 0 Å². The van der Waals surface area contributed by atoms with E-state index < -0.39 is 0 Å². The summed E-state index contributed by atoms with van der Waals surface area (Å²) in [4.78, 5) is 4.25. The van der Waals surface area contributed by atoms with Crippen LogP contribution in [-0.2, 0) is 5.88 Å². The molecular formula is C13H11Cl2NO. The van der Waals surface area contributed by atoms with Gasteiger partial charge in [-0.15, -0.1) is 11.6 Å². The van der Waals surface area contributed by atoms with Crippen LogP contribution in [0.1, 0.15) is 11.3 Å². The van der Waals surface area contributed by atoms with E-state index in [1.54, 1.807) is 12.1 Å². The molecule has 0 bridgehead atoms. The van der Waals surface area contributed by atoms with Crippen molar-refractivity contribution in [2.75, 3.05) is 0 Å². The van der Waals surface area contributed by atoms with Crippen LogP contribution in [0.3, 0.4) is 0 Å². The van der Waals surface area contributed by atoms with E-state index in [0.29, 0.717) is 17.5 Å². The van der Waals surface area contributed by atoms with Crippen molar-refractivity contribution in [1.82, 2.24) is 4.98 Å². The molecule has 0 fully saturated rings. The summed E-state index contributed by atoms with van der Waals surface area (Å²) in [6, 6.07) is 11.0. The molecule has 88 valence electrons. The Morgan fingerprint density at radius 1 is 1.24 bits per heavy atom. The molecule has 0 atom stereocenters. The largest absolute Gasteiger partial charge is 0.439 e. The van der Waals surface area contributed by atoms with E-state index in [9.17, 15) is 0 Å². The molecule has 0 spiro atoms. The number of alkyl halides is 1. The van der Waals surface area contributed by atoms with Crippen molar-refractivity contribution < 1.29 is 4.74 Å². The molecule has 0 N–H and O–H groups in total. The summed E-state index contributed by atoms with van der Waals surface area (Å²) in [7, 11) is 0. The summed E-state index contributed by atoms with van der Waals surface area (Å²) in [5, 5.41) is 0.722. The second-order valence-electron chi connectivity index (χ2n) is 3.61. The molecule has 0 radical (unpaired) electrons. The third-order valence-electron chi connectivity index (χ3n) is 2.27. The van der Waals surface area contributed by atoms with E-state index in [1.165, 1.54) is 0 Å². The maximum absolute atomic E-state index is 5.94. The molecule has 17 heavy (non-hydrogen) atoms. The summed E-state index contributed by atoms with van der Waals surface area (Å²) >= 11 is 11.7. The molecule has 0 aliphatic carbocycles. The number of benzene rings is 1. The lowest BCUT2D eigenvalue weighted by atomic mass is 10.2. The number of nitrogens with zero attached hydrogens (tertiary/aromatic N) is 1. The third kappa shape index (κ3) is 3.11. The maximum Gasteiger partial charge on any atom is 0.219 e. The molecule has 0 unspecified atom stereocenters. The molecular weight excluding hydrogens is 257 g/mol. The van der Waals surface area contributed by atoms with Gasteiger partial charge in [0.1, 0.15) is 5.75 Å². The van der Waals surface area contributed by atoms with Crippen molar-refractivity contribution in [1.29, 1.82) is 0 Å². The lowest BCUT2D eigenvalue weighted by Gasteiger charge is -2.07. The lowest BCUT2D eigenvalue weighted by molar-refractivity contribution is 0.461. The molecule has 0 amide bonds. The molecule has 0 saturated carbocycles. The van der Waals surface area contributed by atoms with Gasteiger partial charge in [0.05, 0.1) is 11.6 Å². The van der Waals surface area contributed by atoms with Crippen molar-refractivity contribution in [3.8, 4) is 11.6 Å². The minimum Gasteiger partial charge on any atom is -0.439 e. The van der Waals surface area contributed by atoms with Gasteiger partial charge in [0.2, 0.25) is 5.88 Å². The fourth-order valence-electron chi connectivity index (χ4n) is 1.39. The van der Waals surface area contributed by atoms with Crippen molar-refractivity contribution in [2.24, 2.45) is 0 Å². The third-order valence-corrected chi connectivity index (χ3v) is 2.97. The molecule has 1 aromatic carbocycles. The predicted octanol–water partition coefficient (Wildman–Crippen LogP) is 4.57. The molecule has 4 heteroatoms. The molecule has 1 heterocycles. The second-order valence-corrected chi connectivity index (χ2v) is 4.29. The van der Waals surface area contributed by atoms with Crippen LogP contribution in [0.15, 0.2) is 36.4 Å². The maximum atomic E-state index is 5.94. The van der Waals surface area contributed by atoms with Gasteiger partial charge in [-0.2, -0.15) is 0 Å². The zero-order valence-corrected chi connectivity index (χ0v) is 10.8. The molecule has 0 saturated heterocycles. The van der Waals surface area contributed by atoms with E-state index in [0.717, 1.165) is 16.3 Å². The van der Waals surface area contributed by atoms with Gasteiger partial charge in [-0.25, -0.2) is 4.98 Å². The van der Waals surface area contributed by atoms with Crippen LogP contribution in [0.2, 0.25) is 5.02 Å². The van der Waals surface area contributed by atoms with Gasteiger partial charge >= 0.3 is 0 Å². The van der Waals surface area contributed by atoms with Gasteiger partial charge in [-0.1, -0.05) is 17.7 Å². The van der Waals surface area contributed by atoms with Crippen molar-refractivity contribution in [3.05, 3.63) is 52.7 Å². The first-order valence-corrected chi connectivity index (χ1v) is 6.06. The standard InChI is InChI=1S/C13H11Cl2NO/c1-9-7-11(5-6-12(9)15)17-13-4-2-3-10(8-14)16-13/h2-7H,8H2,1H3. The number of aromatic nitrogens is 1. The summed E-state index contributed by atoms with van der Waals surface area (Å²) in [6.07, 6.45) is 0. The SMILES string of the molecule is Cc1cc(Oc2cccc(CCl)n2)ccc1Cl. The Morgan fingerprint density at radius 2 is 2.06 bits per heavy atom. The van der Waals surface area contributed by atoms with Gasteiger partial charge in [0.25, 0.3) is 0 Å². The molecule has 0 aliphatic rings. The zero-order valence-electron chi connectivity index (χ0n) is 9.28. The monoisotopic (exact) mass is 267 g/mol. The molecule has 2 nitrogen and oxygen atoms in total. The Balaban J connectivity index is 2.22. The Bertz CT molecular complexity index is 529. The summed E-state index contributed by atoms with van der Waals surface area (Å²) in [5.74, 6) is 1.62. The number of rotatable bonds is 3. The van der Waals surface area contributed by atoms with Crippen LogP contribution in [0.5, 0.6) is 11.6 Å². The van der Waals surface area contributed by atoms with E-state index >= 15 is 0 Å². The number of hydrogen-bond donors (Lipinski definition) is 0. The van der Waals surface area contributed by atoms with E-state index in [2.05, 4.69) is 4.98 Å². The first-order chi connectivity index (χ1) is 8.19. The predicted molar refractivity (Wildman–Crippen MR) is 70.1 cm³/mol. The number of pyridine rings is 1. The topological polar surface area (TPSA) is 22.1 Å². The van der Waals surface area contributed by atoms with Crippen LogP contribution in [-0.4, -0.2) is 4.98 Å². The van der Waals surface area contributed by atoms with E-state index in [-0.39, 0.29) is 0 Å². The lowest BCUT2D eigenvalue weighted by Crippen LogP contribution is -1.91. The van der Waals surface area contributed by atoms with Crippen LogP contribution >= 0.6 is 23.2 Å². The number of aryl methyl sites for hydroxylation is 1. The Kier molecular flexibility index (Phi) is 3.87. The molecule has 0 aliphatic heterocycles. The first-order valence-electron chi connectivity index (χ1n) is 5.15. The van der Waals surface area contributed by atoms with Crippen LogP contribution in [0.4, 0.5) is 0 Å². The average Bonchev–Trinajstić information content (AvgIpc) is 2.34. The summed E-state index contributed by atoms with van der Waals surface area (Å²) in [5.41, 5.74) is 1.76. The van der Waals surface area contributed by atoms with E-state index in [1.807, 2.05) is 31.2 Å². The normalized spacial score (nSPS) is 10.3. The number of ether oxygens (including phenoxy) is 1. The number of hydrogen-bond acceptors (Lipinski definition) is 2. The van der Waals surface area contributed by atoms with Crippen molar-refractivity contribution in [3.63, 3.8) is 0 Å². The fourth-order valence-corrected chi connectivity index (χ4v) is 1.66. The van der Waals surface area contributed by atoms with Crippen LogP contribution in [0.25, 0.3) is 0 Å². The Morgan fingerprint density at radius 3 is 2.76 bits per heavy atom. The highest BCUT2D eigenvalue weighted by Crippen LogP contribution is 2.25.